The van der Waals surface area contributed by atoms with Gasteiger partial charge >= 0.3 is 0 Å². The lowest BCUT2D eigenvalue weighted by molar-refractivity contribution is -0.121. The smallest absolute Gasteiger partial charge is 0.220 e. The lowest BCUT2D eigenvalue weighted by atomic mass is 10.0. The van der Waals surface area contributed by atoms with Crippen molar-refractivity contribution in [3.63, 3.8) is 0 Å². The average Bonchev–Trinajstić information content (AvgIpc) is 3.06. The Morgan fingerprint density at radius 3 is 1.09 bits per heavy atom. The largest absolute Gasteiger partial charge is 0.395 e. The number of hydrogen-bond acceptors (Lipinski definition) is 3. The second kappa shape index (κ2) is 44.6. The molecule has 0 aromatic rings. The predicted molar refractivity (Wildman–Crippen MR) is 207 cm³/mol. The Morgan fingerprint density at radius 1 is 0.468 bits per heavy atom. The van der Waals surface area contributed by atoms with Gasteiger partial charge in [0, 0.05) is 19.4 Å². The molecule has 0 heterocycles. The van der Waals surface area contributed by atoms with Gasteiger partial charge in [-0.1, -0.05) is 193 Å². The maximum absolute atomic E-state index is 11.3. The van der Waals surface area contributed by atoms with E-state index in [-0.39, 0.29) is 18.4 Å². The van der Waals surface area contributed by atoms with Crippen LogP contribution < -0.4 is 11.1 Å². The lowest BCUT2D eigenvalue weighted by Gasteiger charge is -2.04. The van der Waals surface area contributed by atoms with E-state index in [4.69, 9.17) is 10.8 Å². The van der Waals surface area contributed by atoms with Gasteiger partial charge < -0.3 is 16.2 Å². The molecule has 0 saturated heterocycles. The van der Waals surface area contributed by atoms with Gasteiger partial charge in [0.2, 0.25) is 11.8 Å². The highest BCUT2D eigenvalue weighted by molar-refractivity contribution is 5.75. The number of allylic oxidation sites excluding steroid dienone is 2. The van der Waals surface area contributed by atoms with Crippen molar-refractivity contribution in [2.75, 3.05) is 13.2 Å². The Kier molecular flexibility index (Phi) is 45.4. The van der Waals surface area contributed by atoms with Crippen molar-refractivity contribution in [1.82, 2.24) is 5.32 Å². The maximum atomic E-state index is 11.3. The average molecular weight is 665 g/mol. The van der Waals surface area contributed by atoms with Crippen LogP contribution in [0.3, 0.4) is 0 Å². The molecule has 5 heteroatoms. The van der Waals surface area contributed by atoms with Gasteiger partial charge in [-0.25, -0.2) is 0 Å². The number of carbonyl (C=O) groups is 2. The zero-order chi connectivity index (χ0) is 34.7. The van der Waals surface area contributed by atoms with E-state index in [0.717, 1.165) is 25.7 Å². The minimum Gasteiger partial charge on any atom is -0.395 e. The fraction of sp³-hybridized carbons (Fsp3) is 0.905. The number of aliphatic hydroxyl groups is 1. The molecule has 0 aromatic heterocycles. The highest BCUT2D eigenvalue weighted by Crippen LogP contribution is 2.14. The van der Waals surface area contributed by atoms with Crippen molar-refractivity contribution in [1.29, 1.82) is 0 Å². The first-order chi connectivity index (χ1) is 23.1. The molecule has 47 heavy (non-hydrogen) atoms. The van der Waals surface area contributed by atoms with Gasteiger partial charge in [-0.15, -0.1) is 0 Å². The molecule has 0 spiro atoms. The first-order valence-electron chi connectivity index (χ1n) is 20.9. The molecular weight excluding hydrogens is 580 g/mol. The van der Waals surface area contributed by atoms with Crippen molar-refractivity contribution in [2.24, 2.45) is 5.73 Å². The third kappa shape index (κ3) is 49.1. The van der Waals surface area contributed by atoms with E-state index < -0.39 is 0 Å². The van der Waals surface area contributed by atoms with Crippen molar-refractivity contribution in [2.45, 2.75) is 232 Å². The van der Waals surface area contributed by atoms with Crippen LogP contribution in [0.5, 0.6) is 0 Å². The van der Waals surface area contributed by atoms with Gasteiger partial charge in [-0.05, 0) is 38.5 Å². The third-order valence-electron chi connectivity index (χ3n) is 9.13. The molecule has 0 aromatic carbocycles. The van der Waals surface area contributed by atoms with Crippen molar-refractivity contribution in [3.05, 3.63) is 12.2 Å². The first kappa shape index (κ1) is 47.8. The molecule has 0 aliphatic carbocycles. The molecule has 280 valence electrons. The summed E-state index contributed by atoms with van der Waals surface area (Å²) in [5.74, 6) is -0.0789. The van der Waals surface area contributed by atoms with Gasteiger partial charge in [-0.3, -0.25) is 9.59 Å². The van der Waals surface area contributed by atoms with Crippen molar-refractivity contribution in [3.8, 4) is 0 Å². The maximum Gasteiger partial charge on any atom is 0.220 e. The van der Waals surface area contributed by atoms with E-state index in [2.05, 4.69) is 31.3 Å². The van der Waals surface area contributed by atoms with Crippen LogP contribution in [0, 0.1) is 0 Å². The zero-order valence-corrected chi connectivity index (χ0v) is 32.0. The summed E-state index contributed by atoms with van der Waals surface area (Å²) in [7, 11) is 0. The van der Waals surface area contributed by atoms with Crippen LogP contribution in [0.2, 0.25) is 0 Å². The normalized spacial score (nSPS) is 11.1. The van der Waals surface area contributed by atoms with E-state index in [9.17, 15) is 9.59 Å². The summed E-state index contributed by atoms with van der Waals surface area (Å²) in [5, 5.41) is 11.3. The van der Waals surface area contributed by atoms with E-state index in [1.54, 1.807) is 0 Å². The summed E-state index contributed by atoms with van der Waals surface area (Å²) in [5.41, 5.74) is 5.13. The molecular formula is C42H84N2O3. The number of unbranched alkanes of at least 4 members (excludes halogenated alkanes) is 29. The van der Waals surface area contributed by atoms with Crippen LogP contribution in [-0.2, 0) is 9.59 Å². The van der Waals surface area contributed by atoms with E-state index in [1.807, 2.05) is 0 Å². The van der Waals surface area contributed by atoms with Crippen LogP contribution in [0.1, 0.15) is 232 Å². The van der Waals surface area contributed by atoms with Gasteiger partial charge in [0.15, 0.2) is 0 Å². The molecule has 0 aliphatic heterocycles. The molecule has 2 amide bonds. The lowest BCUT2D eigenvalue weighted by Crippen LogP contribution is -2.25. The third-order valence-corrected chi connectivity index (χ3v) is 9.13. The number of amides is 2. The van der Waals surface area contributed by atoms with Crippen LogP contribution in [-0.4, -0.2) is 30.1 Å². The molecule has 0 fully saturated rings. The number of hydrogen-bond donors (Lipinski definition) is 3. The number of primary amides is 1. The number of nitrogens with two attached hydrogens (primary N) is 1. The van der Waals surface area contributed by atoms with E-state index in [0.29, 0.717) is 19.4 Å². The number of nitrogens with one attached hydrogen (secondary N) is 1. The molecule has 0 rings (SSSR count). The zero-order valence-electron chi connectivity index (χ0n) is 32.0. The Morgan fingerprint density at radius 2 is 0.766 bits per heavy atom. The highest BCUT2D eigenvalue weighted by atomic mass is 16.3. The van der Waals surface area contributed by atoms with Crippen LogP contribution >= 0.6 is 0 Å². The molecule has 4 N–H and O–H groups in total. The summed E-state index contributed by atoms with van der Waals surface area (Å²) >= 11 is 0. The number of rotatable bonds is 37. The van der Waals surface area contributed by atoms with Gasteiger partial charge in [0.05, 0.1) is 6.61 Å². The van der Waals surface area contributed by atoms with Gasteiger partial charge in [0.25, 0.3) is 0 Å². The summed E-state index contributed by atoms with van der Waals surface area (Å²) in [6, 6.07) is 0. The van der Waals surface area contributed by atoms with Crippen LogP contribution in [0.15, 0.2) is 12.2 Å². The topological polar surface area (TPSA) is 92.4 Å². The van der Waals surface area contributed by atoms with Crippen LogP contribution in [0.4, 0.5) is 0 Å². The Labute approximate surface area is 294 Å². The summed E-state index contributed by atoms with van der Waals surface area (Å²) in [6.07, 6.45) is 48.6. The minimum atomic E-state index is -0.156. The number of carbonyl (C=O) groups excluding carboxylic acids is 2. The van der Waals surface area contributed by atoms with Crippen molar-refractivity contribution < 1.29 is 14.7 Å². The summed E-state index contributed by atoms with van der Waals surface area (Å²) in [4.78, 5) is 21.9. The van der Waals surface area contributed by atoms with Gasteiger partial charge in [-0.2, -0.15) is 0 Å². The predicted octanol–water partition coefficient (Wildman–Crippen LogP) is 12.4. The van der Waals surface area contributed by atoms with Gasteiger partial charge in [0.1, 0.15) is 0 Å². The number of aliphatic hydroxyl groups excluding tert-OH is 1. The molecule has 5 nitrogen and oxygen atoms in total. The highest BCUT2D eigenvalue weighted by Gasteiger charge is 2.00. The summed E-state index contributed by atoms with van der Waals surface area (Å²) < 4.78 is 0. The minimum absolute atomic E-state index is 0.0323. The first-order valence-corrected chi connectivity index (χ1v) is 20.9. The Bertz CT molecular complexity index is 637. The fourth-order valence-electron chi connectivity index (χ4n) is 6.02. The second-order valence-corrected chi connectivity index (χ2v) is 14.0. The van der Waals surface area contributed by atoms with E-state index in [1.165, 1.54) is 180 Å². The molecule has 0 unspecified atom stereocenters. The van der Waals surface area contributed by atoms with Crippen molar-refractivity contribution >= 4 is 11.8 Å². The van der Waals surface area contributed by atoms with Crippen LogP contribution in [0.25, 0.3) is 0 Å². The molecule has 0 saturated carbocycles. The second-order valence-electron chi connectivity index (χ2n) is 14.0. The fourth-order valence-corrected chi connectivity index (χ4v) is 6.02. The Balaban J connectivity index is 0. The quantitative estimate of drug-likeness (QED) is 0.0456. The SMILES string of the molecule is CCCCCCCC/C=C\CCCCCCCCCCCC(N)=O.CCCCCCCCCCCCCCCCCC(=O)NCCO. The molecule has 0 aliphatic rings. The molecule has 0 radical (unpaired) electrons. The molecule has 0 atom stereocenters. The van der Waals surface area contributed by atoms with E-state index >= 15 is 0 Å². The summed E-state index contributed by atoms with van der Waals surface area (Å²) in [6.45, 7) is 4.97. The molecule has 0 bridgehead atoms. The standard InChI is InChI=1S/C22H43NO.C20H41NO2/c1-2-3-4-5-6-7-8-9-10-11-12-13-14-15-16-17-18-19-20-21-22(23)24;1-2-3-4-5-6-7-8-9-10-11-12-13-14-15-16-17-20(23)21-18-19-22/h9-10H,2-8,11-21H2,1H3,(H2,23,24);22H,2-19H2,1H3,(H,21,23)/b10-9-;. The monoisotopic (exact) mass is 665 g/mol. The Hall–Kier alpha value is -1.36.